The molecule has 0 aromatic heterocycles. The first-order chi connectivity index (χ1) is 9.63. The van der Waals surface area contributed by atoms with Gasteiger partial charge in [0.1, 0.15) is 5.82 Å². The summed E-state index contributed by atoms with van der Waals surface area (Å²) >= 11 is 9.38. The maximum atomic E-state index is 13.7. The normalized spacial score (nSPS) is 21.4. The van der Waals surface area contributed by atoms with E-state index in [4.69, 9.17) is 11.6 Å². The van der Waals surface area contributed by atoms with Crippen LogP contribution in [0.15, 0.2) is 46.9 Å². The van der Waals surface area contributed by atoms with Gasteiger partial charge in [-0.1, -0.05) is 29.8 Å². The Morgan fingerprint density at radius 3 is 2.60 bits per heavy atom. The minimum absolute atomic E-state index is 0.0924. The minimum atomic E-state index is -0.0924. The van der Waals surface area contributed by atoms with Crippen molar-refractivity contribution >= 4 is 33.2 Å². The van der Waals surface area contributed by atoms with Crippen molar-refractivity contribution in [1.82, 2.24) is 0 Å². The van der Waals surface area contributed by atoms with E-state index in [9.17, 15) is 4.39 Å². The highest BCUT2D eigenvalue weighted by Crippen LogP contribution is 2.39. The largest absolute Gasteiger partial charge is 0.382 e. The van der Waals surface area contributed by atoms with Crippen LogP contribution in [0.4, 0.5) is 10.1 Å². The Kier molecular flexibility index (Phi) is 3.99. The summed E-state index contributed by atoms with van der Waals surface area (Å²) in [4.78, 5) is 0. The number of hydrogen-bond donors (Lipinski definition) is 1. The van der Waals surface area contributed by atoms with Crippen LogP contribution in [0.25, 0.3) is 0 Å². The third kappa shape index (κ3) is 2.84. The molecule has 0 atom stereocenters. The zero-order valence-electron chi connectivity index (χ0n) is 10.7. The number of halogens is 3. The van der Waals surface area contributed by atoms with E-state index in [0.717, 1.165) is 28.6 Å². The number of benzene rings is 2. The molecule has 1 N–H and O–H groups in total. The molecule has 0 bridgehead atoms. The molecule has 1 aliphatic carbocycles. The van der Waals surface area contributed by atoms with Crippen molar-refractivity contribution in [2.45, 2.75) is 24.8 Å². The van der Waals surface area contributed by atoms with Gasteiger partial charge in [0.25, 0.3) is 0 Å². The predicted octanol–water partition coefficient (Wildman–Crippen LogP) is 5.60. The summed E-state index contributed by atoms with van der Waals surface area (Å²) in [5, 5.41) is 4.16. The van der Waals surface area contributed by atoms with E-state index in [1.54, 1.807) is 6.07 Å². The molecule has 0 heterocycles. The Bertz CT molecular complexity index is 626. The first-order valence-electron chi connectivity index (χ1n) is 6.59. The standard InChI is InChI=1S/C16H14BrClFN/c17-14-9-11(5-6-15(14)18)20-12-7-10(8-12)13-3-1-2-4-16(13)19/h1-6,9-10,12,20H,7-8H2. The summed E-state index contributed by atoms with van der Waals surface area (Å²) in [6.45, 7) is 0. The van der Waals surface area contributed by atoms with Gasteiger partial charge in [0, 0.05) is 16.2 Å². The quantitative estimate of drug-likeness (QED) is 0.756. The summed E-state index contributed by atoms with van der Waals surface area (Å²) < 4.78 is 14.6. The van der Waals surface area contributed by atoms with Crippen LogP contribution in [0, 0.1) is 5.82 Å². The van der Waals surface area contributed by atoms with Crippen LogP contribution in [0.3, 0.4) is 0 Å². The number of rotatable bonds is 3. The molecule has 1 nitrogen and oxygen atoms in total. The number of hydrogen-bond acceptors (Lipinski definition) is 1. The molecule has 104 valence electrons. The van der Waals surface area contributed by atoms with Gasteiger partial charge in [0.15, 0.2) is 0 Å². The molecule has 3 rings (SSSR count). The Balaban J connectivity index is 1.61. The summed E-state index contributed by atoms with van der Waals surface area (Å²) in [5.74, 6) is 0.231. The van der Waals surface area contributed by atoms with Crippen molar-refractivity contribution in [3.63, 3.8) is 0 Å². The van der Waals surface area contributed by atoms with Crippen LogP contribution < -0.4 is 5.32 Å². The van der Waals surface area contributed by atoms with Gasteiger partial charge in [-0.15, -0.1) is 0 Å². The molecular weight excluding hydrogens is 341 g/mol. The maximum absolute atomic E-state index is 13.7. The van der Waals surface area contributed by atoms with Gasteiger partial charge in [-0.05, 0) is 64.5 Å². The second-order valence-corrected chi connectivity index (χ2v) is 6.42. The van der Waals surface area contributed by atoms with E-state index < -0.39 is 0 Å². The zero-order chi connectivity index (χ0) is 14.1. The summed E-state index contributed by atoms with van der Waals surface area (Å²) in [5.41, 5.74) is 1.88. The molecule has 0 aliphatic heterocycles. The minimum Gasteiger partial charge on any atom is -0.382 e. The summed E-state index contributed by atoms with van der Waals surface area (Å²) in [6.07, 6.45) is 1.92. The number of anilines is 1. The second-order valence-electron chi connectivity index (χ2n) is 5.16. The molecular formula is C16H14BrClFN. The average molecular weight is 355 g/mol. The summed E-state index contributed by atoms with van der Waals surface area (Å²) in [7, 11) is 0. The molecule has 0 saturated heterocycles. The first kappa shape index (κ1) is 13.9. The Morgan fingerprint density at radius 2 is 1.90 bits per heavy atom. The SMILES string of the molecule is Fc1ccccc1C1CC(Nc2ccc(Cl)c(Br)c2)C1. The van der Waals surface area contributed by atoms with Gasteiger partial charge in [0.2, 0.25) is 0 Å². The Labute approximate surface area is 131 Å². The second kappa shape index (κ2) is 5.74. The van der Waals surface area contributed by atoms with E-state index in [0.29, 0.717) is 17.0 Å². The molecule has 1 fully saturated rings. The molecule has 20 heavy (non-hydrogen) atoms. The molecule has 2 aromatic carbocycles. The van der Waals surface area contributed by atoms with E-state index in [-0.39, 0.29) is 5.82 Å². The van der Waals surface area contributed by atoms with Crippen LogP contribution in [0.2, 0.25) is 5.02 Å². The van der Waals surface area contributed by atoms with Crippen molar-refractivity contribution in [2.75, 3.05) is 5.32 Å². The van der Waals surface area contributed by atoms with Gasteiger partial charge in [0.05, 0.1) is 5.02 Å². The average Bonchev–Trinajstić information content (AvgIpc) is 2.39. The molecule has 0 unspecified atom stereocenters. The molecule has 0 radical (unpaired) electrons. The lowest BCUT2D eigenvalue weighted by atomic mass is 9.75. The lowest BCUT2D eigenvalue weighted by molar-refractivity contribution is 0.363. The third-order valence-corrected chi connectivity index (χ3v) is 4.99. The predicted molar refractivity (Wildman–Crippen MR) is 84.9 cm³/mol. The topological polar surface area (TPSA) is 12.0 Å². The lowest BCUT2D eigenvalue weighted by Gasteiger charge is -2.37. The molecule has 0 spiro atoms. The fraction of sp³-hybridized carbons (Fsp3) is 0.250. The number of nitrogens with one attached hydrogen (secondary N) is 1. The summed E-state index contributed by atoms with van der Waals surface area (Å²) in [6, 6.07) is 13.2. The maximum Gasteiger partial charge on any atom is 0.126 e. The smallest absolute Gasteiger partial charge is 0.126 e. The molecule has 0 amide bonds. The van der Waals surface area contributed by atoms with Crippen molar-refractivity contribution in [1.29, 1.82) is 0 Å². The van der Waals surface area contributed by atoms with Crippen LogP contribution in [-0.2, 0) is 0 Å². The van der Waals surface area contributed by atoms with E-state index >= 15 is 0 Å². The van der Waals surface area contributed by atoms with Crippen LogP contribution in [-0.4, -0.2) is 6.04 Å². The van der Waals surface area contributed by atoms with Crippen molar-refractivity contribution in [3.05, 3.63) is 63.3 Å². The van der Waals surface area contributed by atoms with E-state index in [1.165, 1.54) is 6.07 Å². The lowest BCUT2D eigenvalue weighted by Crippen LogP contribution is -2.34. The highest BCUT2D eigenvalue weighted by atomic mass is 79.9. The highest BCUT2D eigenvalue weighted by Gasteiger charge is 2.31. The van der Waals surface area contributed by atoms with Crippen LogP contribution in [0.1, 0.15) is 24.3 Å². The van der Waals surface area contributed by atoms with Crippen molar-refractivity contribution < 1.29 is 4.39 Å². The fourth-order valence-electron chi connectivity index (χ4n) is 2.62. The van der Waals surface area contributed by atoms with Gasteiger partial charge in [-0.25, -0.2) is 4.39 Å². The van der Waals surface area contributed by atoms with Gasteiger partial charge < -0.3 is 5.32 Å². The van der Waals surface area contributed by atoms with Crippen molar-refractivity contribution in [2.24, 2.45) is 0 Å². The van der Waals surface area contributed by atoms with Crippen molar-refractivity contribution in [3.8, 4) is 0 Å². The van der Waals surface area contributed by atoms with Gasteiger partial charge in [-0.2, -0.15) is 0 Å². The zero-order valence-corrected chi connectivity index (χ0v) is 13.1. The molecule has 4 heteroatoms. The fourth-order valence-corrected chi connectivity index (χ4v) is 3.11. The Morgan fingerprint density at radius 1 is 1.15 bits per heavy atom. The van der Waals surface area contributed by atoms with Crippen LogP contribution >= 0.6 is 27.5 Å². The van der Waals surface area contributed by atoms with Gasteiger partial charge >= 0.3 is 0 Å². The van der Waals surface area contributed by atoms with E-state index in [1.807, 2.05) is 30.3 Å². The molecule has 1 aliphatic rings. The monoisotopic (exact) mass is 353 g/mol. The van der Waals surface area contributed by atoms with E-state index in [2.05, 4.69) is 21.2 Å². The third-order valence-electron chi connectivity index (χ3n) is 3.77. The molecule has 1 saturated carbocycles. The first-order valence-corrected chi connectivity index (χ1v) is 7.76. The van der Waals surface area contributed by atoms with Crippen LogP contribution in [0.5, 0.6) is 0 Å². The Hall–Kier alpha value is -1.06. The van der Waals surface area contributed by atoms with Gasteiger partial charge in [-0.3, -0.25) is 0 Å². The molecule has 2 aromatic rings. The highest BCUT2D eigenvalue weighted by molar-refractivity contribution is 9.10.